The first-order valence-electron chi connectivity index (χ1n) is 14.1. The lowest BCUT2D eigenvalue weighted by Gasteiger charge is -2.50. The van der Waals surface area contributed by atoms with Crippen LogP contribution in [0, 0.1) is 17.2 Å². The summed E-state index contributed by atoms with van der Waals surface area (Å²) in [4.78, 5) is 22.6. The molecule has 0 atom stereocenters. The highest BCUT2D eigenvalue weighted by Crippen LogP contribution is 2.41. The minimum Gasteiger partial charge on any atom is -0.493 e. The van der Waals surface area contributed by atoms with Crippen molar-refractivity contribution in [3.63, 3.8) is 0 Å². The lowest BCUT2D eigenvalue weighted by atomic mass is 9.68. The Morgan fingerprint density at radius 3 is 2.57 bits per heavy atom. The molecule has 1 saturated carbocycles. The molecule has 4 aliphatic rings. The number of rotatable bonds is 7. The molecule has 3 aliphatic heterocycles. The van der Waals surface area contributed by atoms with Gasteiger partial charge in [0.05, 0.1) is 17.9 Å². The van der Waals surface area contributed by atoms with E-state index in [1.165, 1.54) is 44.8 Å². The normalized spacial score (nSPS) is 23.9. The molecule has 0 bridgehead atoms. The Labute approximate surface area is 222 Å². The summed E-state index contributed by atoms with van der Waals surface area (Å²) < 4.78 is 26.3. The van der Waals surface area contributed by atoms with Gasteiger partial charge in [0, 0.05) is 49.7 Å². The van der Waals surface area contributed by atoms with E-state index in [1.54, 1.807) is 17.8 Å². The number of halogens is 1. The summed E-state index contributed by atoms with van der Waals surface area (Å²) >= 11 is 1.77. The number of likely N-dealkylation sites (tertiary alicyclic amines) is 1. The second kappa shape index (κ2) is 11.2. The summed E-state index contributed by atoms with van der Waals surface area (Å²) in [5, 5.41) is 3.97. The molecule has 6 rings (SSSR count). The second-order valence-corrected chi connectivity index (χ2v) is 12.8. The third kappa shape index (κ3) is 5.84. The molecule has 9 heteroatoms. The van der Waals surface area contributed by atoms with Gasteiger partial charge < -0.3 is 24.7 Å². The van der Waals surface area contributed by atoms with Gasteiger partial charge in [-0.25, -0.2) is 9.37 Å². The number of aromatic nitrogens is 2. The Morgan fingerprint density at radius 1 is 1.11 bits per heavy atom. The lowest BCUT2D eigenvalue weighted by Crippen LogP contribution is -2.57. The van der Waals surface area contributed by atoms with Crippen LogP contribution in [-0.2, 0) is 10.5 Å². The topological polar surface area (TPSA) is 79.5 Å². The van der Waals surface area contributed by atoms with Crippen LogP contribution in [0.5, 0.6) is 5.75 Å². The van der Waals surface area contributed by atoms with E-state index < -0.39 is 11.4 Å². The predicted octanol–water partition coefficient (Wildman–Crippen LogP) is 4.10. The molecule has 0 radical (unpaired) electrons. The molecule has 37 heavy (non-hydrogen) atoms. The molecule has 4 fully saturated rings. The Morgan fingerprint density at radius 2 is 1.86 bits per heavy atom. The molecule has 7 nitrogen and oxygen atoms in total. The van der Waals surface area contributed by atoms with Crippen LogP contribution in [0.1, 0.15) is 57.2 Å². The Balaban J connectivity index is 1.02. The third-order valence-corrected chi connectivity index (χ3v) is 10.5. The van der Waals surface area contributed by atoms with Gasteiger partial charge in [0.25, 0.3) is 5.56 Å². The van der Waals surface area contributed by atoms with Crippen LogP contribution in [0.4, 0.5) is 4.39 Å². The van der Waals surface area contributed by atoms with Gasteiger partial charge in [-0.15, -0.1) is 0 Å². The number of nitrogens with one attached hydrogen (secondary N) is 2. The van der Waals surface area contributed by atoms with Crippen LogP contribution in [-0.4, -0.2) is 72.2 Å². The molecule has 2 aromatic rings. The predicted molar refractivity (Wildman–Crippen MR) is 145 cm³/mol. The van der Waals surface area contributed by atoms with Crippen LogP contribution in [0.25, 0.3) is 10.9 Å². The Bertz CT molecular complexity index is 1130. The van der Waals surface area contributed by atoms with Gasteiger partial charge in [0.15, 0.2) is 0 Å². The van der Waals surface area contributed by atoms with E-state index >= 15 is 0 Å². The van der Waals surface area contributed by atoms with Gasteiger partial charge in [-0.3, -0.25) is 4.79 Å². The number of ether oxygens (including phenoxy) is 2. The molecule has 1 aliphatic carbocycles. The Kier molecular flexibility index (Phi) is 7.75. The summed E-state index contributed by atoms with van der Waals surface area (Å²) in [7, 11) is 0. The van der Waals surface area contributed by atoms with Crippen molar-refractivity contribution in [3.8, 4) is 5.75 Å². The van der Waals surface area contributed by atoms with Crippen molar-refractivity contribution < 1.29 is 13.9 Å². The Hall–Kier alpha value is -1.68. The van der Waals surface area contributed by atoms with Crippen molar-refractivity contribution in [2.75, 3.05) is 46.0 Å². The van der Waals surface area contributed by atoms with Crippen LogP contribution in [0.3, 0.4) is 0 Å². The highest BCUT2D eigenvalue weighted by molar-refractivity contribution is 7.99. The second-order valence-electron chi connectivity index (χ2n) is 11.6. The number of thioether (sulfide) groups is 1. The first kappa shape index (κ1) is 25.6. The zero-order chi connectivity index (χ0) is 25.2. The first-order chi connectivity index (χ1) is 18.1. The van der Waals surface area contributed by atoms with E-state index in [0.29, 0.717) is 46.0 Å². The van der Waals surface area contributed by atoms with E-state index in [9.17, 15) is 9.18 Å². The van der Waals surface area contributed by atoms with E-state index in [1.807, 2.05) is 0 Å². The highest BCUT2D eigenvalue weighted by atomic mass is 32.2. The van der Waals surface area contributed by atoms with Gasteiger partial charge in [-0.05, 0) is 75.8 Å². The van der Waals surface area contributed by atoms with E-state index in [4.69, 9.17) is 9.47 Å². The maximum absolute atomic E-state index is 14.9. The van der Waals surface area contributed by atoms with Crippen molar-refractivity contribution >= 4 is 22.7 Å². The van der Waals surface area contributed by atoms with Crippen molar-refractivity contribution in [2.24, 2.45) is 11.3 Å². The number of H-pyrrole nitrogens is 1. The largest absolute Gasteiger partial charge is 0.493 e. The standard InChI is InChI=1S/C28H39FN4O3S/c29-23-13-21(14-24-26(23)27(34)32-25(31-24)16-37-22-5-11-35-12-6-22)36-15-19-3-9-33(10-4-19)20-1-7-28(8-2-20)17-30-18-28/h13-14,19-20,22,30H,1-12,15-18H2,(H,31,32,34). The third-order valence-electron chi connectivity index (χ3n) is 9.07. The quantitative estimate of drug-likeness (QED) is 0.558. The average molecular weight is 531 g/mol. The minimum atomic E-state index is -0.573. The number of nitrogens with zero attached hydrogens (tertiary/aromatic N) is 2. The SMILES string of the molecule is O=c1[nH]c(CSC2CCOCC2)nc2cc(OCC3CCN(C4CCC5(CC4)CNC5)CC3)cc(F)c12. The maximum atomic E-state index is 14.9. The zero-order valence-electron chi connectivity index (χ0n) is 21.6. The van der Waals surface area contributed by atoms with Gasteiger partial charge in [-0.2, -0.15) is 11.8 Å². The van der Waals surface area contributed by atoms with Crippen LogP contribution in [0.2, 0.25) is 0 Å². The molecule has 4 heterocycles. The number of hydrogen-bond donors (Lipinski definition) is 2. The fourth-order valence-electron chi connectivity index (χ4n) is 6.55. The van der Waals surface area contributed by atoms with Crippen molar-refractivity contribution in [2.45, 2.75) is 68.4 Å². The van der Waals surface area contributed by atoms with Gasteiger partial charge in [-0.1, -0.05) is 0 Å². The van der Waals surface area contributed by atoms with Gasteiger partial charge >= 0.3 is 0 Å². The summed E-state index contributed by atoms with van der Waals surface area (Å²) in [6.45, 7) is 6.83. The molecular formula is C28H39FN4O3S. The fraction of sp³-hybridized carbons (Fsp3) is 0.714. The molecule has 0 amide bonds. The molecule has 0 unspecified atom stereocenters. The summed E-state index contributed by atoms with van der Waals surface area (Å²) in [6, 6.07) is 3.79. The van der Waals surface area contributed by atoms with E-state index in [2.05, 4.69) is 20.2 Å². The number of piperidine rings is 1. The van der Waals surface area contributed by atoms with E-state index in [0.717, 1.165) is 58.0 Å². The minimum absolute atomic E-state index is 0.00687. The molecule has 3 saturated heterocycles. The maximum Gasteiger partial charge on any atom is 0.261 e. The van der Waals surface area contributed by atoms with Gasteiger partial charge in [0.1, 0.15) is 22.8 Å². The monoisotopic (exact) mass is 530 g/mol. The van der Waals surface area contributed by atoms with Gasteiger partial charge in [0.2, 0.25) is 0 Å². The summed E-state index contributed by atoms with van der Waals surface area (Å²) in [5.74, 6) is 1.54. The zero-order valence-corrected chi connectivity index (χ0v) is 22.4. The van der Waals surface area contributed by atoms with Crippen molar-refractivity contribution in [1.29, 1.82) is 0 Å². The smallest absolute Gasteiger partial charge is 0.261 e. The number of benzene rings is 1. The highest BCUT2D eigenvalue weighted by Gasteiger charge is 2.41. The average Bonchev–Trinajstić information content (AvgIpc) is 2.90. The van der Waals surface area contributed by atoms with Crippen LogP contribution < -0.4 is 15.6 Å². The van der Waals surface area contributed by atoms with Crippen molar-refractivity contribution in [1.82, 2.24) is 20.2 Å². The number of hydrogen-bond acceptors (Lipinski definition) is 7. The molecule has 202 valence electrons. The van der Waals surface area contributed by atoms with Crippen molar-refractivity contribution in [3.05, 3.63) is 34.1 Å². The molecule has 2 N–H and O–H groups in total. The van der Waals surface area contributed by atoms with Crippen LogP contribution in [0.15, 0.2) is 16.9 Å². The molecule has 1 spiro atoms. The molecular weight excluding hydrogens is 491 g/mol. The first-order valence-corrected chi connectivity index (χ1v) is 15.1. The lowest BCUT2D eigenvalue weighted by molar-refractivity contribution is 0.0313. The van der Waals surface area contributed by atoms with E-state index in [-0.39, 0.29) is 5.39 Å². The van der Waals surface area contributed by atoms with Crippen LogP contribution >= 0.6 is 11.8 Å². The number of fused-ring (bicyclic) bond motifs is 1. The summed E-state index contributed by atoms with van der Waals surface area (Å²) in [5.41, 5.74) is 0.557. The number of aromatic amines is 1. The molecule has 1 aromatic carbocycles. The fourth-order valence-corrected chi connectivity index (χ4v) is 7.61. The summed E-state index contributed by atoms with van der Waals surface area (Å²) in [6.07, 6.45) is 9.65. The molecule has 1 aromatic heterocycles.